The van der Waals surface area contributed by atoms with E-state index in [2.05, 4.69) is 28.9 Å². The van der Waals surface area contributed by atoms with Crippen LogP contribution in [0.25, 0.3) is 0 Å². The molecule has 0 fully saturated rings. The van der Waals surface area contributed by atoms with E-state index in [0.29, 0.717) is 11.4 Å². The number of thiazole rings is 1. The third-order valence-corrected chi connectivity index (χ3v) is 4.21. The summed E-state index contributed by atoms with van der Waals surface area (Å²) in [4.78, 5) is 18.6. The number of aryl methyl sites for hydroxylation is 1. The minimum atomic E-state index is 0.148. The van der Waals surface area contributed by atoms with Crippen molar-refractivity contribution in [3.05, 3.63) is 52.0 Å². The molecule has 0 radical (unpaired) electrons. The van der Waals surface area contributed by atoms with Gasteiger partial charge in [0.1, 0.15) is 0 Å². The van der Waals surface area contributed by atoms with Crippen molar-refractivity contribution in [2.45, 2.75) is 26.8 Å². The van der Waals surface area contributed by atoms with E-state index in [9.17, 15) is 4.79 Å². The van der Waals surface area contributed by atoms with Crippen LogP contribution in [-0.2, 0) is 6.54 Å². The Hall–Kier alpha value is -1.52. The van der Waals surface area contributed by atoms with Crippen molar-refractivity contribution in [1.29, 1.82) is 0 Å². The Morgan fingerprint density at radius 3 is 2.65 bits per heavy atom. The lowest BCUT2D eigenvalue weighted by atomic mass is 10.2. The van der Waals surface area contributed by atoms with E-state index in [1.165, 1.54) is 16.9 Å². The quantitative estimate of drug-likeness (QED) is 0.731. The Balaban J connectivity index is 1.86. The minimum absolute atomic E-state index is 0.148. The highest BCUT2D eigenvalue weighted by Gasteiger charge is 2.12. The lowest BCUT2D eigenvalue weighted by Crippen LogP contribution is -2.25. The van der Waals surface area contributed by atoms with Gasteiger partial charge in [0.05, 0.1) is 0 Å². The molecule has 1 aromatic heterocycles. The summed E-state index contributed by atoms with van der Waals surface area (Å²) >= 11 is 1.44. The molecule has 1 heterocycles. The first kappa shape index (κ1) is 14.9. The number of benzene rings is 1. The van der Waals surface area contributed by atoms with Crippen molar-refractivity contribution in [3.8, 4) is 0 Å². The SMILES string of the molecule is CCN(CCC(=O)c1nc(C)cs1)Cc1ccccc1. The molecule has 0 bridgehead atoms. The summed E-state index contributed by atoms with van der Waals surface area (Å²) < 4.78 is 0. The molecule has 0 saturated carbocycles. The van der Waals surface area contributed by atoms with E-state index in [1.54, 1.807) is 0 Å². The summed E-state index contributed by atoms with van der Waals surface area (Å²) in [7, 11) is 0. The van der Waals surface area contributed by atoms with Crippen LogP contribution in [0.15, 0.2) is 35.7 Å². The number of rotatable bonds is 7. The van der Waals surface area contributed by atoms with E-state index < -0.39 is 0 Å². The zero-order valence-corrected chi connectivity index (χ0v) is 12.8. The molecule has 0 saturated heterocycles. The summed E-state index contributed by atoms with van der Waals surface area (Å²) in [5.41, 5.74) is 2.21. The topological polar surface area (TPSA) is 33.2 Å². The number of aromatic nitrogens is 1. The molecule has 106 valence electrons. The van der Waals surface area contributed by atoms with E-state index in [1.807, 2.05) is 30.5 Å². The molecule has 2 rings (SSSR count). The Bertz CT molecular complexity index is 551. The molecule has 20 heavy (non-hydrogen) atoms. The van der Waals surface area contributed by atoms with Crippen LogP contribution in [0, 0.1) is 6.92 Å². The fourth-order valence-electron chi connectivity index (χ4n) is 2.04. The van der Waals surface area contributed by atoms with Gasteiger partial charge in [-0.25, -0.2) is 4.98 Å². The number of carbonyl (C=O) groups is 1. The smallest absolute Gasteiger partial charge is 0.192 e. The highest BCUT2D eigenvalue weighted by atomic mass is 32.1. The van der Waals surface area contributed by atoms with Gasteiger partial charge in [0, 0.05) is 30.6 Å². The third kappa shape index (κ3) is 4.25. The predicted molar refractivity (Wildman–Crippen MR) is 83.2 cm³/mol. The summed E-state index contributed by atoms with van der Waals surface area (Å²) in [5, 5.41) is 2.56. The van der Waals surface area contributed by atoms with Crippen molar-refractivity contribution in [3.63, 3.8) is 0 Å². The van der Waals surface area contributed by atoms with Gasteiger partial charge in [-0.15, -0.1) is 11.3 Å². The second kappa shape index (κ2) is 7.31. The molecule has 0 atom stereocenters. The summed E-state index contributed by atoms with van der Waals surface area (Å²) in [6.07, 6.45) is 0.535. The van der Waals surface area contributed by atoms with Crippen LogP contribution in [0.5, 0.6) is 0 Å². The van der Waals surface area contributed by atoms with E-state index in [0.717, 1.165) is 25.3 Å². The first-order valence-corrected chi connectivity index (χ1v) is 7.78. The normalized spacial score (nSPS) is 10.9. The van der Waals surface area contributed by atoms with Gasteiger partial charge in [0.15, 0.2) is 10.8 Å². The first-order valence-electron chi connectivity index (χ1n) is 6.90. The highest BCUT2D eigenvalue weighted by Crippen LogP contribution is 2.12. The van der Waals surface area contributed by atoms with Crippen molar-refractivity contribution in [2.24, 2.45) is 0 Å². The fraction of sp³-hybridized carbons (Fsp3) is 0.375. The number of Topliss-reactive ketones (excluding diaryl/α,β-unsaturated/α-hetero) is 1. The standard InChI is InChI=1S/C16H20N2OS/c1-3-18(11-14-7-5-4-6-8-14)10-9-15(19)16-17-13(2)12-20-16/h4-8,12H,3,9-11H2,1-2H3. The fourth-order valence-corrected chi connectivity index (χ4v) is 2.80. The number of ketones is 1. The van der Waals surface area contributed by atoms with Crippen LogP contribution in [0.3, 0.4) is 0 Å². The van der Waals surface area contributed by atoms with Gasteiger partial charge in [0.2, 0.25) is 0 Å². The number of hydrogen-bond donors (Lipinski definition) is 0. The van der Waals surface area contributed by atoms with Crippen LogP contribution in [0.2, 0.25) is 0 Å². The van der Waals surface area contributed by atoms with Gasteiger partial charge in [-0.05, 0) is 19.0 Å². The van der Waals surface area contributed by atoms with Gasteiger partial charge < -0.3 is 0 Å². The second-order valence-corrected chi connectivity index (χ2v) is 5.68. The molecule has 0 aliphatic heterocycles. The molecule has 0 spiro atoms. The number of nitrogens with zero attached hydrogens (tertiary/aromatic N) is 2. The average molecular weight is 288 g/mol. The number of carbonyl (C=O) groups excluding carboxylic acids is 1. The van der Waals surface area contributed by atoms with E-state index >= 15 is 0 Å². The van der Waals surface area contributed by atoms with Crippen LogP contribution in [0.1, 0.15) is 34.4 Å². The van der Waals surface area contributed by atoms with Crippen LogP contribution in [-0.4, -0.2) is 28.8 Å². The first-order chi connectivity index (χ1) is 9.69. The van der Waals surface area contributed by atoms with Crippen LogP contribution in [0.4, 0.5) is 0 Å². The zero-order valence-electron chi connectivity index (χ0n) is 12.0. The molecule has 3 nitrogen and oxygen atoms in total. The molecule has 2 aromatic rings. The largest absolute Gasteiger partial charge is 0.299 e. The summed E-state index contributed by atoms with van der Waals surface area (Å²) in [6, 6.07) is 10.4. The highest BCUT2D eigenvalue weighted by molar-refractivity contribution is 7.11. The lowest BCUT2D eigenvalue weighted by molar-refractivity contribution is 0.0963. The molecule has 0 aliphatic rings. The Morgan fingerprint density at radius 2 is 2.05 bits per heavy atom. The van der Waals surface area contributed by atoms with Gasteiger partial charge >= 0.3 is 0 Å². The minimum Gasteiger partial charge on any atom is -0.299 e. The monoisotopic (exact) mass is 288 g/mol. The lowest BCUT2D eigenvalue weighted by Gasteiger charge is -2.19. The molecule has 0 N–H and O–H groups in total. The maximum atomic E-state index is 12.1. The molecule has 0 unspecified atom stereocenters. The van der Waals surface area contributed by atoms with Crippen LogP contribution >= 0.6 is 11.3 Å². The molecular weight excluding hydrogens is 268 g/mol. The number of hydrogen-bond acceptors (Lipinski definition) is 4. The van der Waals surface area contributed by atoms with E-state index in [-0.39, 0.29) is 5.78 Å². The Morgan fingerprint density at radius 1 is 1.30 bits per heavy atom. The molecule has 0 amide bonds. The maximum Gasteiger partial charge on any atom is 0.192 e. The predicted octanol–water partition coefficient (Wildman–Crippen LogP) is 3.55. The molecule has 0 aliphatic carbocycles. The van der Waals surface area contributed by atoms with Crippen molar-refractivity contribution in [1.82, 2.24) is 9.88 Å². The maximum absolute atomic E-state index is 12.1. The second-order valence-electron chi connectivity index (χ2n) is 4.82. The zero-order chi connectivity index (χ0) is 14.4. The average Bonchev–Trinajstić information content (AvgIpc) is 2.91. The van der Waals surface area contributed by atoms with Gasteiger partial charge in [-0.1, -0.05) is 37.3 Å². The summed E-state index contributed by atoms with van der Waals surface area (Å²) in [5.74, 6) is 0.148. The third-order valence-electron chi connectivity index (χ3n) is 3.21. The Labute approximate surface area is 124 Å². The Kier molecular flexibility index (Phi) is 5.44. The van der Waals surface area contributed by atoms with Gasteiger partial charge in [0.25, 0.3) is 0 Å². The van der Waals surface area contributed by atoms with Crippen molar-refractivity contribution < 1.29 is 4.79 Å². The molecule has 4 heteroatoms. The van der Waals surface area contributed by atoms with Crippen LogP contribution < -0.4 is 0 Å². The van der Waals surface area contributed by atoms with Gasteiger partial charge in [-0.2, -0.15) is 0 Å². The van der Waals surface area contributed by atoms with Crippen molar-refractivity contribution in [2.75, 3.05) is 13.1 Å². The van der Waals surface area contributed by atoms with Gasteiger partial charge in [-0.3, -0.25) is 9.69 Å². The van der Waals surface area contributed by atoms with E-state index in [4.69, 9.17) is 0 Å². The summed E-state index contributed by atoms with van der Waals surface area (Å²) in [6.45, 7) is 6.66. The molecular formula is C16H20N2OS. The molecule has 1 aromatic carbocycles. The van der Waals surface area contributed by atoms with Crippen molar-refractivity contribution >= 4 is 17.1 Å².